The Morgan fingerprint density at radius 2 is 1.67 bits per heavy atom. The van der Waals surface area contributed by atoms with E-state index in [1.165, 1.54) is 5.69 Å². The van der Waals surface area contributed by atoms with Crippen molar-refractivity contribution in [2.24, 2.45) is 5.10 Å². The topological polar surface area (TPSA) is 73.8 Å². The van der Waals surface area contributed by atoms with E-state index in [9.17, 15) is 9.59 Å². The molecule has 0 bridgehead atoms. The van der Waals surface area contributed by atoms with Crippen molar-refractivity contribution in [1.29, 1.82) is 0 Å². The number of nitrogens with zero attached hydrogens (tertiary/aromatic N) is 2. The van der Waals surface area contributed by atoms with Crippen LogP contribution in [0, 0.1) is 0 Å². The molecule has 132 valence electrons. The highest BCUT2D eigenvalue weighted by Gasteiger charge is 2.05. The maximum absolute atomic E-state index is 11.9. The molecule has 24 heavy (non-hydrogen) atoms. The summed E-state index contributed by atoms with van der Waals surface area (Å²) in [7, 11) is 0. The summed E-state index contributed by atoms with van der Waals surface area (Å²) in [6.45, 7) is 10.1. The highest BCUT2D eigenvalue weighted by atomic mass is 16.2. The molecule has 1 rings (SSSR count). The van der Waals surface area contributed by atoms with Crippen LogP contribution >= 0.6 is 0 Å². The molecule has 0 aliphatic rings. The van der Waals surface area contributed by atoms with Gasteiger partial charge in [-0.05, 0) is 38.5 Å². The number of benzene rings is 1. The zero-order valence-electron chi connectivity index (χ0n) is 15.1. The summed E-state index contributed by atoms with van der Waals surface area (Å²) >= 11 is 0. The number of nitrogens with one attached hydrogen (secondary N) is 2. The monoisotopic (exact) mass is 332 g/mol. The zero-order chi connectivity index (χ0) is 17.9. The number of anilines is 1. The van der Waals surface area contributed by atoms with Crippen molar-refractivity contribution in [3.63, 3.8) is 0 Å². The van der Waals surface area contributed by atoms with E-state index < -0.39 is 0 Å². The lowest BCUT2D eigenvalue weighted by atomic mass is 10.2. The highest BCUT2D eigenvalue weighted by Crippen LogP contribution is 2.14. The third kappa shape index (κ3) is 6.81. The molecule has 0 unspecified atom stereocenters. The van der Waals surface area contributed by atoms with E-state index in [4.69, 9.17) is 0 Å². The Labute approximate surface area is 144 Å². The molecule has 0 aromatic heterocycles. The van der Waals surface area contributed by atoms with E-state index in [1.807, 2.05) is 12.1 Å². The summed E-state index contributed by atoms with van der Waals surface area (Å²) in [6, 6.07) is 8.19. The first kappa shape index (κ1) is 19.7. The van der Waals surface area contributed by atoms with Gasteiger partial charge in [0.1, 0.15) is 0 Å². The third-order valence-electron chi connectivity index (χ3n) is 3.66. The number of hydrazone groups is 1. The standard InChI is InChI=1S/C18H28N4O2/c1-5-17(23)21-20-14(4)12-18(24)19-13-15-8-10-16(11-9-15)22(6-2)7-3/h8-11H,5-7,12-13H2,1-4H3,(H,19,24)(H,21,23)/b20-14+. The van der Waals surface area contributed by atoms with Crippen LogP contribution in [0.4, 0.5) is 5.69 Å². The van der Waals surface area contributed by atoms with Gasteiger partial charge < -0.3 is 10.2 Å². The molecule has 0 atom stereocenters. The number of carbonyl (C=O) groups excluding carboxylic acids is 2. The van der Waals surface area contributed by atoms with Crippen LogP contribution in [0.3, 0.4) is 0 Å². The fourth-order valence-electron chi connectivity index (χ4n) is 2.19. The van der Waals surface area contributed by atoms with Crippen molar-refractivity contribution in [2.75, 3.05) is 18.0 Å². The summed E-state index contributed by atoms with van der Waals surface area (Å²) in [4.78, 5) is 25.3. The molecule has 1 aromatic rings. The van der Waals surface area contributed by atoms with Crippen molar-refractivity contribution >= 4 is 23.2 Å². The van der Waals surface area contributed by atoms with Gasteiger partial charge in [0.15, 0.2) is 0 Å². The van der Waals surface area contributed by atoms with E-state index in [1.54, 1.807) is 13.8 Å². The third-order valence-corrected chi connectivity index (χ3v) is 3.66. The smallest absolute Gasteiger partial charge is 0.239 e. The van der Waals surface area contributed by atoms with Gasteiger partial charge in [-0.2, -0.15) is 5.10 Å². The molecule has 2 N–H and O–H groups in total. The summed E-state index contributed by atoms with van der Waals surface area (Å²) in [5, 5.41) is 6.75. The van der Waals surface area contributed by atoms with Gasteiger partial charge in [0.05, 0.1) is 6.42 Å². The van der Waals surface area contributed by atoms with Crippen LogP contribution in [-0.4, -0.2) is 30.6 Å². The Morgan fingerprint density at radius 3 is 2.21 bits per heavy atom. The molecule has 6 heteroatoms. The molecule has 6 nitrogen and oxygen atoms in total. The van der Waals surface area contributed by atoms with Crippen LogP contribution in [0.1, 0.15) is 46.1 Å². The van der Waals surface area contributed by atoms with Crippen LogP contribution in [0.5, 0.6) is 0 Å². The van der Waals surface area contributed by atoms with Crippen LogP contribution in [0.15, 0.2) is 29.4 Å². The van der Waals surface area contributed by atoms with Gasteiger partial charge in [-0.15, -0.1) is 0 Å². The Bertz CT molecular complexity index is 563. The summed E-state index contributed by atoms with van der Waals surface area (Å²) < 4.78 is 0. The first-order chi connectivity index (χ1) is 11.5. The summed E-state index contributed by atoms with van der Waals surface area (Å²) in [5.74, 6) is -0.280. The second kappa shape index (κ2) is 10.4. The molecule has 0 spiro atoms. The van der Waals surface area contributed by atoms with Gasteiger partial charge in [0.2, 0.25) is 11.8 Å². The molecule has 0 radical (unpaired) electrons. The molecule has 0 saturated heterocycles. The molecule has 0 fully saturated rings. The molecule has 0 heterocycles. The Kier molecular flexibility index (Phi) is 8.54. The van der Waals surface area contributed by atoms with Crippen molar-refractivity contribution in [2.45, 2.75) is 47.1 Å². The van der Waals surface area contributed by atoms with Crippen LogP contribution in [0.25, 0.3) is 0 Å². The molecule has 1 aromatic carbocycles. The fraction of sp³-hybridized carbons (Fsp3) is 0.500. The average molecular weight is 332 g/mol. The second-order valence-electron chi connectivity index (χ2n) is 5.53. The van der Waals surface area contributed by atoms with E-state index in [2.05, 4.69) is 46.7 Å². The lowest BCUT2D eigenvalue weighted by Crippen LogP contribution is -2.26. The van der Waals surface area contributed by atoms with Gasteiger partial charge >= 0.3 is 0 Å². The van der Waals surface area contributed by atoms with E-state index in [0.717, 1.165) is 18.7 Å². The molecule has 0 aliphatic carbocycles. The molecular formula is C18H28N4O2. The van der Waals surface area contributed by atoms with E-state index in [-0.39, 0.29) is 18.2 Å². The quantitative estimate of drug-likeness (QED) is 0.539. The molecule has 2 amide bonds. The maximum Gasteiger partial charge on any atom is 0.239 e. The molecule has 0 aliphatic heterocycles. The predicted octanol–water partition coefficient (Wildman–Crippen LogP) is 2.44. The first-order valence-electron chi connectivity index (χ1n) is 8.42. The molecular weight excluding hydrogens is 304 g/mol. The van der Waals surface area contributed by atoms with Gasteiger partial charge in [0, 0.05) is 37.5 Å². The number of carbonyl (C=O) groups is 2. The van der Waals surface area contributed by atoms with E-state index in [0.29, 0.717) is 18.7 Å². The number of hydrogen-bond acceptors (Lipinski definition) is 4. The van der Waals surface area contributed by atoms with Gasteiger partial charge in [-0.25, -0.2) is 5.43 Å². The van der Waals surface area contributed by atoms with Gasteiger partial charge in [-0.3, -0.25) is 9.59 Å². The van der Waals surface area contributed by atoms with Crippen molar-refractivity contribution in [1.82, 2.24) is 10.7 Å². The fourth-order valence-corrected chi connectivity index (χ4v) is 2.19. The number of hydrogen-bond donors (Lipinski definition) is 2. The normalized spacial score (nSPS) is 11.1. The lowest BCUT2D eigenvalue weighted by Gasteiger charge is -2.21. The van der Waals surface area contributed by atoms with E-state index >= 15 is 0 Å². The van der Waals surface area contributed by atoms with Crippen LogP contribution in [0.2, 0.25) is 0 Å². The predicted molar refractivity (Wildman–Crippen MR) is 98.0 cm³/mol. The van der Waals surface area contributed by atoms with Crippen molar-refractivity contribution in [3.05, 3.63) is 29.8 Å². The minimum absolute atomic E-state index is 0.116. The summed E-state index contributed by atoms with van der Waals surface area (Å²) in [5.41, 5.74) is 5.21. The minimum Gasteiger partial charge on any atom is -0.372 e. The Hall–Kier alpha value is -2.37. The SMILES string of the molecule is CCC(=O)N/N=C(\C)CC(=O)NCc1ccc(N(CC)CC)cc1. The van der Waals surface area contributed by atoms with Crippen molar-refractivity contribution in [3.8, 4) is 0 Å². The average Bonchev–Trinajstić information content (AvgIpc) is 2.60. The van der Waals surface area contributed by atoms with Gasteiger partial charge in [-0.1, -0.05) is 19.1 Å². The number of rotatable bonds is 9. The van der Waals surface area contributed by atoms with Crippen LogP contribution < -0.4 is 15.6 Å². The van der Waals surface area contributed by atoms with Crippen LogP contribution in [-0.2, 0) is 16.1 Å². The molecule has 0 saturated carbocycles. The maximum atomic E-state index is 11.9. The first-order valence-corrected chi connectivity index (χ1v) is 8.42. The zero-order valence-corrected chi connectivity index (χ0v) is 15.1. The number of amides is 2. The lowest BCUT2D eigenvalue weighted by molar-refractivity contribution is -0.121. The highest BCUT2D eigenvalue weighted by molar-refractivity contribution is 6.00. The second-order valence-corrected chi connectivity index (χ2v) is 5.53. The largest absolute Gasteiger partial charge is 0.372 e. The van der Waals surface area contributed by atoms with Gasteiger partial charge in [0.25, 0.3) is 0 Å². The Balaban J connectivity index is 2.45. The minimum atomic E-state index is -0.164. The Morgan fingerprint density at radius 1 is 1.04 bits per heavy atom. The van der Waals surface area contributed by atoms with Crippen molar-refractivity contribution < 1.29 is 9.59 Å². The summed E-state index contributed by atoms with van der Waals surface area (Å²) in [6.07, 6.45) is 0.536.